The van der Waals surface area contributed by atoms with Crippen LogP contribution in [-0.4, -0.2) is 6.71 Å². The molecule has 87 heavy (non-hydrogen) atoms. The molecule has 0 unspecified atom stereocenters. The average molecular weight is 1140 g/mol. The fourth-order valence-electron chi connectivity index (χ4n) is 13.9. The molecule has 436 valence electrons. The van der Waals surface area contributed by atoms with E-state index < -0.39 is 0 Å². The second kappa shape index (κ2) is 21.4. The molecule has 4 nitrogen and oxygen atoms in total. The zero-order chi connectivity index (χ0) is 61.0. The van der Waals surface area contributed by atoms with E-state index in [-0.39, 0.29) is 33.8 Å². The topological polar surface area (TPSA) is 13.0 Å². The van der Waals surface area contributed by atoms with Crippen molar-refractivity contribution in [2.24, 2.45) is 5.41 Å². The Hall–Kier alpha value is -8.54. The standard InChI is InChI=1S/C82H85BN4/c1-78(2,3)59-35-39-65(40-36-59)86(66-41-37-60(38-42-66)79(4,5)6)69-50-75-77-76(51-69)87(67-32-24-27-61(47-67)80(7,8)9)73-44-43-68(85(63-28-20-16-21-29-63)64-30-22-17-23-31-64)49-72(73)83(77)71-45-57-52-82(13,14)53-58(57)46-74(71)84(75)54-56-33-34-62(81(10,11)12)48-70(56)55-25-18-15-19-26-55/h15-51H,52-54H2,1-14H3. The fraction of sp³-hybridized carbons (Fsp3) is 0.268. The summed E-state index contributed by atoms with van der Waals surface area (Å²) in [7, 11) is 0. The monoisotopic (exact) mass is 1140 g/mol. The zero-order valence-electron chi connectivity index (χ0n) is 53.8. The number of fused-ring (bicyclic) bond motifs is 5. The highest BCUT2D eigenvalue weighted by molar-refractivity contribution is 7.00. The number of para-hydroxylation sites is 2. The smallest absolute Gasteiger partial charge is 0.252 e. The molecule has 0 aromatic heterocycles. The van der Waals surface area contributed by atoms with Crippen LogP contribution in [0.1, 0.15) is 136 Å². The van der Waals surface area contributed by atoms with Crippen LogP contribution in [0.2, 0.25) is 0 Å². The van der Waals surface area contributed by atoms with Gasteiger partial charge in [0, 0.05) is 63.4 Å². The van der Waals surface area contributed by atoms with Crippen LogP contribution >= 0.6 is 0 Å². The molecule has 0 saturated heterocycles. The summed E-state index contributed by atoms with van der Waals surface area (Å²) in [6, 6.07) is 86.1. The van der Waals surface area contributed by atoms with Gasteiger partial charge < -0.3 is 19.6 Å². The molecule has 10 aromatic rings. The first-order valence-corrected chi connectivity index (χ1v) is 31.6. The molecule has 13 rings (SSSR count). The van der Waals surface area contributed by atoms with Crippen LogP contribution in [0.4, 0.5) is 62.6 Å². The molecule has 5 heteroatoms. The first-order valence-electron chi connectivity index (χ1n) is 31.6. The molecule has 2 aliphatic heterocycles. The highest BCUT2D eigenvalue weighted by Crippen LogP contribution is 2.50. The molecular formula is C82H85BN4. The van der Waals surface area contributed by atoms with Gasteiger partial charge in [-0.1, -0.05) is 224 Å². The Kier molecular flexibility index (Phi) is 14.2. The third kappa shape index (κ3) is 10.9. The maximum Gasteiger partial charge on any atom is 0.252 e. The average Bonchev–Trinajstić information content (AvgIpc) is 1.28. The summed E-state index contributed by atoms with van der Waals surface area (Å²) in [5, 5.41) is 0. The van der Waals surface area contributed by atoms with Gasteiger partial charge in [0.2, 0.25) is 0 Å². The third-order valence-electron chi connectivity index (χ3n) is 18.7. The highest BCUT2D eigenvalue weighted by atomic mass is 15.2. The van der Waals surface area contributed by atoms with Crippen LogP contribution in [0.5, 0.6) is 0 Å². The van der Waals surface area contributed by atoms with Gasteiger partial charge in [0.1, 0.15) is 0 Å². The number of hydrogen-bond donors (Lipinski definition) is 0. The molecule has 0 N–H and O–H groups in total. The van der Waals surface area contributed by atoms with Crippen molar-refractivity contribution in [3.8, 4) is 11.1 Å². The molecule has 0 radical (unpaired) electrons. The lowest BCUT2D eigenvalue weighted by atomic mass is 9.33. The van der Waals surface area contributed by atoms with Gasteiger partial charge in [-0.15, -0.1) is 0 Å². The summed E-state index contributed by atoms with van der Waals surface area (Å²) < 4.78 is 0. The van der Waals surface area contributed by atoms with Crippen LogP contribution in [0.25, 0.3) is 11.1 Å². The van der Waals surface area contributed by atoms with E-state index >= 15 is 0 Å². The highest BCUT2D eigenvalue weighted by Gasteiger charge is 2.46. The number of hydrogen-bond acceptors (Lipinski definition) is 4. The predicted molar refractivity (Wildman–Crippen MR) is 375 cm³/mol. The Morgan fingerprint density at radius 3 is 1.41 bits per heavy atom. The van der Waals surface area contributed by atoms with Gasteiger partial charge >= 0.3 is 0 Å². The molecule has 0 saturated carbocycles. The maximum absolute atomic E-state index is 2.74. The molecule has 2 heterocycles. The first kappa shape index (κ1) is 57.5. The van der Waals surface area contributed by atoms with E-state index in [4.69, 9.17) is 0 Å². The molecule has 0 spiro atoms. The van der Waals surface area contributed by atoms with Gasteiger partial charge in [0.25, 0.3) is 6.71 Å². The molecule has 0 bridgehead atoms. The van der Waals surface area contributed by atoms with Crippen LogP contribution in [-0.2, 0) is 41.0 Å². The van der Waals surface area contributed by atoms with Crippen LogP contribution in [0, 0.1) is 5.41 Å². The minimum Gasteiger partial charge on any atom is -0.338 e. The molecule has 0 amide bonds. The van der Waals surface area contributed by atoms with Crippen molar-refractivity contribution in [3.63, 3.8) is 0 Å². The van der Waals surface area contributed by atoms with Gasteiger partial charge in [0.15, 0.2) is 0 Å². The van der Waals surface area contributed by atoms with Gasteiger partial charge in [-0.2, -0.15) is 0 Å². The lowest BCUT2D eigenvalue weighted by Gasteiger charge is -2.46. The Morgan fingerprint density at radius 1 is 0.379 bits per heavy atom. The van der Waals surface area contributed by atoms with Crippen molar-refractivity contribution >= 4 is 85.7 Å². The minimum atomic E-state index is -0.114. The Labute approximate surface area is 520 Å². The number of nitrogens with zero attached hydrogens (tertiary/aromatic N) is 4. The fourth-order valence-corrected chi connectivity index (χ4v) is 13.9. The van der Waals surface area contributed by atoms with Crippen molar-refractivity contribution in [1.82, 2.24) is 0 Å². The van der Waals surface area contributed by atoms with Crippen molar-refractivity contribution in [3.05, 3.63) is 263 Å². The van der Waals surface area contributed by atoms with Crippen molar-refractivity contribution < 1.29 is 0 Å². The van der Waals surface area contributed by atoms with E-state index in [1.807, 2.05) is 0 Å². The summed E-state index contributed by atoms with van der Waals surface area (Å²) in [4.78, 5) is 10.3. The summed E-state index contributed by atoms with van der Waals surface area (Å²) in [5.74, 6) is 0. The van der Waals surface area contributed by atoms with Gasteiger partial charge in [-0.3, -0.25) is 0 Å². The molecular weight excluding hydrogens is 1050 g/mol. The van der Waals surface area contributed by atoms with Crippen LogP contribution < -0.4 is 36.0 Å². The van der Waals surface area contributed by atoms with Crippen molar-refractivity contribution in [1.29, 1.82) is 0 Å². The predicted octanol–water partition coefficient (Wildman–Crippen LogP) is 20.6. The molecule has 10 aromatic carbocycles. The van der Waals surface area contributed by atoms with Gasteiger partial charge in [-0.05, 0) is 203 Å². The van der Waals surface area contributed by atoms with Crippen LogP contribution in [0.15, 0.2) is 224 Å². The second-order valence-corrected chi connectivity index (χ2v) is 29.9. The number of benzene rings is 10. The van der Waals surface area contributed by atoms with Crippen LogP contribution in [0.3, 0.4) is 0 Å². The largest absolute Gasteiger partial charge is 0.338 e. The summed E-state index contributed by atoms with van der Waals surface area (Å²) >= 11 is 0. The van der Waals surface area contributed by atoms with Gasteiger partial charge in [-0.25, -0.2) is 0 Å². The van der Waals surface area contributed by atoms with E-state index in [1.54, 1.807) is 0 Å². The lowest BCUT2D eigenvalue weighted by Crippen LogP contribution is -2.62. The minimum absolute atomic E-state index is 0.00966. The number of anilines is 11. The van der Waals surface area contributed by atoms with E-state index in [0.29, 0.717) is 6.54 Å². The first-order chi connectivity index (χ1) is 41.4. The lowest BCUT2D eigenvalue weighted by molar-refractivity contribution is 0.392. The Balaban J connectivity index is 1.15. The molecule has 0 atom stereocenters. The molecule has 1 aliphatic carbocycles. The maximum atomic E-state index is 2.74. The van der Waals surface area contributed by atoms with Crippen molar-refractivity contribution in [2.45, 2.75) is 138 Å². The van der Waals surface area contributed by atoms with E-state index in [2.05, 4.69) is 341 Å². The zero-order valence-corrected chi connectivity index (χ0v) is 53.8. The quantitative estimate of drug-likeness (QED) is 0.127. The van der Waals surface area contributed by atoms with E-state index in [1.165, 1.54) is 89.2 Å². The normalized spacial score (nSPS) is 14.3. The summed E-state index contributed by atoms with van der Waals surface area (Å²) in [6.07, 6.45) is 2.07. The Bertz CT molecular complexity index is 4100. The van der Waals surface area contributed by atoms with E-state index in [0.717, 1.165) is 52.7 Å². The molecule has 0 fully saturated rings. The van der Waals surface area contributed by atoms with E-state index in [9.17, 15) is 0 Å². The second-order valence-electron chi connectivity index (χ2n) is 29.9. The van der Waals surface area contributed by atoms with Gasteiger partial charge in [0.05, 0.1) is 5.69 Å². The SMILES string of the molecule is CC1(C)Cc2cc3c(cc2C1)N(Cc1ccc(C(C)(C)C)cc1-c1ccccc1)c1cc(N(c2ccc(C(C)(C)C)cc2)c2ccc(C(C)(C)C)cc2)cc2c1B3c1cc(N(c3ccccc3)c3ccccc3)ccc1N2c1cccc(C(C)(C)C)c1. The summed E-state index contributed by atoms with van der Waals surface area (Å²) in [6.45, 7) is 33.3. The number of rotatable bonds is 10. The Morgan fingerprint density at radius 2 is 0.851 bits per heavy atom. The third-order valence-corrected chi connectivity index (χ3v) is 18.7. The van der Waals surface area contributed by atoms with Crippen molar-refractivity contribution in [2.75, 3.05) is 19.6 Å². The molecule has 3 aliphatic rings. The summed E-state index contributed by atoms with van der Waals surface area (Å²) in [5.41, 5.74) is 28.6.